The van der Waals surface area contributed by atoms with Crippen LogP contribution < -0.4 is 5.32 Å². The van der Waals surface area contributed by atoms with Gasteiger partial charge in [0.1, 0.15) is 0 Å². The average molecular weight is 384 g/mol. The van der Waals surface area contributed by atoms with Crippen molar-refractivity contribution in [3.8, 4) is 0 Å². The van der Waals surface area contributed by atoms with Gasteiger partial charge in [0, 0.05) is 29.7 Å². The highest BCUT2D eigenvalue weighted by molar-refractivity contribution is 6.05. The van der Waals surface area contributed by atoms with Gasteiger partial charge in [-0.15, -0.1) is 0 Å². The molecule has 6 heteroatoms. The van der Waals surface area contributed by atoms with Crippen LogP contribution in [0.4, 0.5) is 0 Å². The minimum Gasteiger partial charge on any atom is -0.350 e. The molecule has 28 heavy (non-hydrogen) atoms. The van der Waals surface area contributed by atoms with Crippen molar-refractivity contribution < 1.29 is 4.79 Å². The Balaban J connectivity index is 1.58. The topological polar surface area (TPSA) is 63.1 Å². The molecule has 2 aromatic rings. The number of nitrogens with one attached hydrogen (secondary N) is 1. The van der Waals surface area contributed by atoms with Gasteiger partial charge >= 0.3 is 0 Å². The van der Waals surface area contributed by atoms with E-state index in [1.807, 2.05) is 10.7 Å². The van der Waals surface area contributed by atoms with Crippen LogP contribution in [0.1, 0.15) is 87.8 Å². The van der Waals surface area contributed by atoms with Gasteiger partial charge in [0.05, 0.1) is 17.1 Å². The average Bonchev–Trinajstić information content (AvgIpc) is 3.45. The van der Waals surface area contributed by atoms with Gasteiger partial charge in [-0.2, -0.15) is 5.10 Å². The number of amides is 1. The number of nitrogens with zero attached hydrogens (tertiary/aromatic N) is 4. The van der Waals surface area contributed by atoms with Crippen molar-refractivity contribution in [3.63, 3.8) is 0 Å². The van der Waals surface area contributed by atoms with Crippen molar-refractivity contribution in [2.24, 2.45) is 0 Å². The van der Waals surface area contributed by atoms with Crippen LogP contribution in [0.3, 0.4) is 0 Å². The second-order valence-electron chi connectivity index (χ2n) is 9.33. The van der Waals surface area contributed by atoms with E-state index in [4.69, 9.17) is 4.98 Å². The number of piperidine rings is 1. The smallest absolute Gasteiger partial charge is 0.252 e. The van der Waals surface area contributed by atoms with E-state index in [0.29, 0.717) is 18.0 Å². The van der Waals surface area contributed by atoms with Crippen LogP contribution >= 0.6 is 0 Å². The fourth-order valence-corrected chi connectivity index (χ4v) is 4.19. The Hall–Kier alpha value is -1.95. The number of aromatic nitrogens is 3. The SMILES string of the molecule is CC(C)n1ncc2c(C(=O)NCC(C)(C)N3CCCCC3)cc(C3CC3)nc21. The van der Waals surface area contributed by atoms with Crippen LogP contribution in [-0.4, -0.2) is 50.7 Å². The summed E-state index contributed by atoms with van der Waals surface area (Å²) in [5.74, 6) is 0.485. The monoisotopic (exact) mass is 383 g/mol. The standard InChI is InChI=1S/C22H33N5O/c1-15(2)27-20-18(13-24-27)17(12-19(25-20)16-8-9-16)21(28)23-14-22(3,4)26-10-6-5-7-11-26/h12-13,15-16H,5-11,14H2,1-4H3,(H,23,28). The maximum Gasteiger partial charge on any atom is 0.252 e. The van der Waals surface area contributed by atoms with Gasteiger partial charge in [0.15, 0.2) is 5.65 Å². The van der Waals surface area contributed by atoms with Crippen LogP contribution in [0.5, 0.6) is 0 Å². The molecule has 1 aliphatic carbocycles. The third-order valence-corrected chi connectivity index (χ3v) is 6.21. The van der Waals surface area contributed by atoms with E-state index in [1.165, 1.54) is 19.3 Å². The molecule has 1 amide bonds. The molecule has 1 aliphatic heterocycles. The van der Waals surface area contributed by atoms with Crippen LogP contribution in [-0.2, 0) is 0 Å². The number of carbonyl (C=O) groups is 1. The maximum absolute atomic E-state index is 13.2. The molecule has 0 spiro atoms. The largest absolute Gasteiger partial charge is 0.350 e. The fourth-order valence-electron chi connectivity index (χ4n) is 4.19. The number of hydrogen-bond acceptors (Lipinski definition) is 4. The summed E-state index contributed by atoms with van der Waals surface area (Å²) >= 11 is 0. The van der Waals surface area contributed by atoms with Crippen molar-refractivity contribution in [1.82, 2.24) is 25.0 Å². The van der Waals surface area contributed by atoms with E-state index in [1.54, 1.807) is 6.20 Å². The first-order valence-electron chi connectivity index (χ1n) is 10.8. The lowest BCUT2D eigenvalue weighted by molar-refractivity contribution is 0.0798. The van der Waals surface area contributed by atoms with Crippen LogP contribution in [0, 0.1) is 0 Å². The third kappa shape index (κ3) is 3.79. The van der Waals surface area contributed by atoms with Gasteiger partial charge in [-0.25, -0.2) is 9.67 Å². The number of hydrogen-bond donors (Lipinski definition) is 1. The minimum absolute atomic E-state index is 0.0114. The van der Waals surface area contributed by atoms with Crippen molar-refractivity contribution in [2.45, 2.75) is 77.3 Å². The summed E-state index contributed by atoms with van der Waals surface area (Å²) in [6.07, 6.45) is 7.94. The molecule has 2 fully saturated rings. The molecule has 2 aliphatic rings. The first kappa shape index (κ1) is 19.4. The summed E-state index contributed by atoms with van der Waals surface area (Å²) in [6, 6.07) is 2.21. The molecule has 1 saturated carbocycles. The second-order valence-corrected chi connectivity index (χ2v) is 9.33. The van der Waals surface area contributed by atoms with E-state index >= 15 is 0 Å². The van der Waals surface area contributed by atoms with Gasteiger partial charge in [0.25, 0.3) is 5.91 Å². The van der Waals surface area contributed by atoms with Gasteiger partial charge in [0.2, 0.25) is 0 Å². The Morgan fingerprint density at radius 2 is 1.96 bits per heavy atom. The van der Waals surface area contributed by atoms with E-state index in [9.17, 15) is 4.79 Å². The molecule has 1 N–H and O–H groups in total. The Bertz CT molecular complexity index is 859. The van der Waals surface area contributed by atoms with Crippen molar-refractivity contribution in [1.29, 1.82) is 0 Å². The summed E-state index contributed by atoms with van der Waals surface area (Å²) in [6.45, 7) is 11.5. The molecule has 152 valence electrons. The third-order valence-electron chi connectivity index (χ3n) is 6.21. The molecular formula is C22H33N5O. The van der Waals surface area contributed by atoms with Crippen molar-refractivity contribution in [3.05, 3.63) is 23.5 Å². The van der Waals surface area contributed by atoms with Crippen LogP contribution in [0.25, 0.3) is 11.0 Å². The molecule has 1 saturated heterocycles. The highest BCUT2D eigenvalue weighted by Gasteiger charge is 2.30. The molecule has 0 aromatic carbocycles. The Kier molecular flexibility index (Phi) is 5.17. The summed E-state index contributed by atoms with van der Waals surface area (Å²) < 4.78 is 1.93. The lowest BCUT2D eigenvalue weighted by Gasteiger charge is -2.41. The van der Waals surface area contributed by atoms with E-state index in [-0.39, 0.29) is 17.5 Å². The van der Waals surface area contributed by atoms with Gasteiger partial charge in [-0.3, -0.25) is 9.69 Å². The predicted octanol–water partition coefficient (Wildman–Crippen LogP) is 3.88. The number of rotatable bonds is 6. The summed E-state index contributed by atoms with van der Waals surface area (Å²) in [5.41, 5.74) is 2.55. The van der Waals surface area contributed by atoms with Crippen LogP contribution in [0.15, 0.2) is 12.3 Å². The summed E-state index contributed by atoms with van der Waals surface area (Å²) in [5, 5.41) is 8.57. The number of pyridine rings is 1. The predicted molar refractivity (Wildman–Crippen MR) is 112 cm³/mol. The lowest BCUT2D eigenvalue weighted by Crippen LogP contribution is -2.53. The maximum atomic E-state index is 13.2. The molecule has 0 radical (unpaired) electrons. The zero-order chi connectivity index (χ0) is 19.9. The van der Waals surface area contributed by atoms with Gasteiger partial charge < -0.3 is 5.32 Å². The minimum atomic E-state index is -0.0380. The highest BCUT2D eigenvalue weighted by Crippen LogP contribution is 2.40. The molecule has 6 nitrogen and oxygen atoms in total. The highest BCUT2D eigenvalue weighted by atomic mass is 16.1. The number of likely N-dealkylation sites (tertiary alicyclic amines) is 1. The molecule has 3 heterocycles. The van der Waals surface area contributed by atoms with E-state index < -0.39 is 0 Å². The zero-order valence-electron chi connectivity index (χ0n) is 17.7. The first-order valence-corrected chi connectivity index (χ1v) is 10.8. The van der Waals surface area contributed by atoms with E-state index in [2.05, 4.69) is 43.0 Å². The second kappa shape index (κ2) is 7.47. The van der Waals surface area contributed by atoms with Gasteiger partial charge in [-0.05, 0) is 72.5 Å². The van der Waals surface area contributed by atoms with Crippen molar-refractivity contribution in [2.75, 3.05) is 19.6 Å². The zero-order valence-corrected chi connectivity index (χ0v) is 17.7. The molecule has 0 atom stereocenters. The summed E-state index contributed by atoms with van der Waals surface area (Å²) in [7, 11) is 0. The van der Waals surface area contributed by atoms with Crippen molar-refractivity contribution >= 4 is 16.9 Å². The molecule has 2 aromatic heterocycles. The summed E-state index contributed by atoms with van der Waals surface area (Å²) in [4.78, 5) is 20.5. The normalized spacial score (nSPS) is 18.8. The molecule has 0 unspecified atom stereocenters. The van der Waals surface area contributed by atoms with E-state index in [0.717, 1.165) is 42.7 Å². The van der Waals surface area contributed by atoms with Gasteiger partial charge in [-0.1, -0.05) is 6.42 Å². The first-order chi connectivity index (χ1) is 13.4. The Labute approximate surface area is 167 Å². The quantitative estimate of drug-likeness (QED) is 0.822. The van der Waals surface area contributed by atoms with Crippen LogP contribution in [0.2, 0.25) is 0 Å². The number of carbonyl (C=O) groups excluding carboxylic acids is 1. The Morgan fingerprint density at radius 3 is 2.61 bits per heavy atom. The molecule has 0 bridgehead atoms. The molecule has 4 rings (SSSR count). The lowest BCUT2D eigenvalue weighted by atomic mass is 9.98. The Morgan fingerprint density at radius 1 is 1.25 bits per heavy atom. The number of fused-ring (bicyclic) bond motifs is 1. The fraction of sp³-hybridized carbons (Fsp3) is 0.682. The molecular weight excluding hydrogens is 350 g/mol.